The number of hydrogen-bond donors (Lipinski definition) is 3. The van der Waals surface area contributed by atoms with Crippen LogP contribution in [-0.2, 0) is 14.4 Å². The number of hydrogen-bond acceptors (Lipinski definition) is 5. The standard InChI is InChI=1S/C17H19N3O6/c1-9(2)14(15(23)19-12(17(25)26)7-13(21)22)20-8-18-11-6-4-3-5-10(11)16(20)24/h3-6,8-9,12,14H,7H2,1-2H3,(H,19,23)(H,21,22)(H,25,26). The number of carbonyl (C=O) groups excluding carboxylic acids is 1. The zero-order valence-electron chi connectivity index (χ0n) is 14.2. The van der Waals surface area contributed by atoms with E-state index in [0.29, 0.717) is 10.9 Å². The lowest BCUT2D eigenvalue weighted by molar-refractivity contribution is -0.147. The van der Waals surface area contributed by atoms with Crippen LogP contribution in [0.25, 0.3) is 10.9 Å². The second-order valence-electron chi connectivity index (χ2n) is 6.16. The van der Waals surface area contributed by atoms with Gasteiger partial charge in [-0.3, -0.25) is 19.0 Å². The molecule has 0 aliphatic carbocycles. The Morgan fingerprint density at radius 2 is 1.85 bits per heavy atom. The van der Waals surface area contributed by atoms with E-state index in [9.17, 15) is 19.2 Å². The van der Waals surface area contributed by atoms with E-state index in [4.69, 9.17) is 10.2 Å². The molecule has 2 aromatic rings. The van der Waals surface area contributed by atoms with Gasteiger partial charge < -0.3 is 15.5 Å². The van der Waals surface area contributed by atoms with Crippen molar-refractivity contribution in [2.75, 3.05) is 0 Å². The zero-order valence-corrected chi connectivity index (χ0v) is 14.2. The largest absolute Gasteiger partial charge is 0.481 e. The number of nitrogens with zero attached hydrogens (tertiary/aromatic N) is 2. The molecule has 9 heteroatoms. The Balaban J connectivity index is 2.41. The van der Waals surface area contributed by atoms with Gasteiger partial charge in [-0.25, -0.2) is 9.78 Å². The van der Waals surface area contributed by atoms with Crippen molar-refractivity contribution in [3.05, 3.63) is 40.9 Å². The van der Waals surface area contributed by atoms with Crippen LogP contribution < -0.4 is 10.9 Å². The number of aliphatic carboxylic acids is 2. The van der Waals surface area contributed by atoms with Crippen molar-refractivity contribution in [2.45, 2.75) is 32.4 Å². The first-order chi connectivity index (χ1) is 12.2. The maximum Gasteiger partial charge on any atom is 0.326 e. The fourth-order valence-electron chi connectivity index (χ4n) is 2.66. The molecule has 2 rings (SSSR count). The highest BCUT2D eigenvalue weighted by atomic mass is 16.4. The summed E-state index contributed by atoms with van der Waals surface area (Å²) in [5.74, 6) is -3.95. The summed E-state index contributed by atoms with van der Waals surface area (Å²) in [6, 6.07) is 4.03. The first-order valence-electron chi connectivity index (χ1n) is 7.93. The Morgan fingerprint density at radius 1 is 1.19 bits per heavy atom. The molecular weight excluding hydrogens is 342 g/mol. The average Bonchev–Trinajstić information content (AvgIpc) is 2.56. The Kier molecular flexibility index (Phi) is 5.71. The molecule has 0 bridgehead atoms. The van der Waals surface area contributed by atoms with E-state index in [1.54, 1.807) is 38.1 Å². The maximum absolute atomic E-state index is 12.7. The van der Waals surface area contributed by atoms with E-state index in [1.807, 2.05) is 0 Å². The van der Waals surface area contributed by atoms with Gasteiger partial charge in [0.25, 0.3) is 5.56 Å². The van der Waals surface area contributed by atoms with Gasteiger partial charge in [0, 0.05) is 0 Å². The molecule has 1 amide bonds. The minimum absolute atomic E-state index is 0.328. The molecule has 26 heavy (non-hydrogen) atoms. The summed E-state index contributed by atoms with van der Waals surface area (Å²) >= 11 is 0. The Labute approximate surface area is 148 Å². The predicted molar refractivity (Wildman–Crippen MR) is 91.7 cm³/mol. The van der Waals surface area contributed by atoms with Gasteiger partial charge in [0.1, 0.15) is 12.1 Å². The molecule has 0 aliphatic heterocycles. The van der Waals surface area contributed by atoms with Gasteiger partial charge in [0.2, 0.25) is 5.91 Å². The normalized spacial score (nSPS) is 13.3. The van der Waals surface area contributed by atoms with Crippen molar-refractivity contribution < 1.29 is 24.6 Å². The molecule has 0 spiro atoms. The Morgan fingerprint density at radius 3 is 2.42 bits per heavy atom. The summed E-state index contributed by atoms with van der Waals surface area (Å²) in [5, 5.41) is 20.4. The minimum atomic E-state index is -1.59. The molecule has 1 aromatic heterocycles. The number of fused-ring (bicyclic) bond motifs is 1. The smallest absolute Gasteiger partial charge is 0.326 e. The van der Waals surface area contributed by atoms with E-state index >= 15 is 0 Å². The number of carbonyl (C=O) groups is 3. The molecule has 1 aromatic carbocycles. The summed E-state index contributed by atoms with van der Waals surface area (Å²) in [6.07, 6.45) is 0.471. The van der Waals surface area contributed by atoms with Crippen LogP contribution in [0.3, 0.4) is 0 Å². The molecule has 1 heterocycles. The predicted octanol–water partition coefficient (Wildman–Crippen LogP) is 0.638. The van der Waals surface area contributed by atoms with Gasteiger partial charge in [-0.05, 0) is 18.1 Å². The van der Waals surface area contributed by atoms with Crippen LogP contribution >= 0.6 is 0 Å². The van der Waals surface area contributed by atoms with Crippen LogP contribution in [0.1, 0.15) is 26.3 Å². The number of rotatable bonds is 7. The van der Waals surface area contributed by atoms with E-state index in [0.717, 1.165) is 4.57 Å². The van der Waals surface area contributed by atoms with Gasteiger partial charge in [-0.15, -0.1) is 0 Å². The van der Waals surface area contributed by atoms with Gasteiger partial charge in [0.05, 0.1) is 23.7 Å². The summed E-state index contributed by atoms with van der Waals surface area (Å²) in [6.45, 7) is 3.39. The van der Waals surface area contributed by atoms with Crippen LogP contribution in [0, 0.1) is 5.92 Å². The van der Waals surface area contributed by atoms with Crippen LogP contribution in [-0.4, -0.2) is 43.7 Å². The van der Waals surface area contributed by atoms with Crippen molar-refractivity contribution >= 4 is 28.7 Å². The SMILES string of the molecule is CC(C)C(C(=O)NC(CC(=O)O)C(=O)O)n1cnc2ccccc2c1=O. The number of carboxylic acids is 2. The molecule has 0 fully saturated rings. The zero-order chi connectivity index (χ0) is 19.4. The topological polar surface area (TPSA) is 139 Å². The second kappa shape index (κ2) is 7.77. The molecule has 0 saturated carbocycles. The minimum Gasteiger partial charge on any atom is -0.481 e. The molecule has 0 saturated heterocycles. The monoisotopic (exact) mass is 361 g/mol. The summed E-state index contributed by atoms with van der Waals surface area (Å²) in [4.78, 5) is 51.5. The van der Waals surface area contributed by atoms with Gasteiger partial charge in [-0.2, -0.15) is 0 Å². The lowest BCUT2D eigenvalue weighted by atomic mass is 10.0. The first kappa shape index (κ1) is 19.1. The van der Waals surface area contributed by atoms with Crippen molar-refractivity contribution in [1.29, 1.82) is 0 Å². The van der Waals surface area contributed by atoms with E-state index in [-0.39, 0.29) is 5.92 Å². The summed E-state index contributed by atoms with van der Waals surface area (Å²) in [5.41, 5.74) is 0.0421. The highest BCUT2D eigenvalue weighted by Gasteiger charge is 2.30. The highest BCUT2D eigenvalue weighted by Crippen LogP contribution is 2.18. The molecule has 2 unspecified atom stereocenters. The van der Waals surface area contributed by atoms with Crippen LogP contribution in [0.2, 0.25) is 0 Å². The fraction of sp³-hybridized carbons (Fsp3) is 0.353. The number of nitrogens with one attached hydrogen (secondary N) is 1. The summed E-state index contributed by atoms with van der Waals surface area (Å²) < 4.78 is 1.14. The van der Waals surface area contributed by atoms with Crippen LogP contribution in [0.5, 0.6) is 0 Å². The number of carboxylic acid groups (broad SMARTS) is 2. The molecule has 2 atom stereocenters. The third-order valence-electron chi connectivity index (χ3n) is 3.88. The third kappa shape index (κ3) is 4.05. The number of aromatic nitrogens is 2. The summed E-state index contributed by atoms with van der Waals surface area (Å²) in [7, 11) is 0. The van der Waals surface area contributed by atoms with Crippen molar-refractivity contribution in [1.82, 2.24) is 14.9 Å². The van der Waals surface area contributed by atoms with Crippen molar-refractivity contribution in [3.63, 3.8) is 0 Å². The average molecular weight is 361 g/mol. The van der Waals surface area contributed by atoms with E-state index in [2.05, 4.69) is 10.3 Å². The van der Waals surface area contributed by atoms with Gasteiger partial charge >= 0.3 is 11.9 Å². The quantitative estimate of drug-likeness (QED) is 0.657. The van der Waals surface area contributed by atoms with Crippen molar-refractivity contribution in [3.8, 4) is 0 Å². The number of para-hydroxylation sites is 1. The molecule has 3 N–H and O–H groups in total. The molecular formula is C17H19N3O6. The van der Waals surface area contributed by atoms with E-state index in [1.165, 1.54) is 6.33 Å². The van der Waals surface area contributed by atoms with Gasteiger partial charge in [0.15, 0.2) is 0 Å². The lowest BCUT2D eigenvalue weighted by Gasteiger charge is -2.24. The van der Waals surface area contributed by atoms with Crippen LogP contribution in [0.4, 0.5) is 0 Å². The molecule has 9 nitrogen and oxygen atoms in total. The molecule has 0 radical (unpaired) electrons. The van der Waals surface area contributed by atoms with Crippen molar-refractivity contribution in [2.24, 2.45) is 5.92 Å². The van der Waals surface area contributed by atoms with Gasteiger partial charge in [-0.1, -0.05) is 26.0 Å². The fourth-order valence-corrected chi connectivity index (χ4v) is 2.66. The Hall–Kier alpha value is -3.23. The van der Waals surface area contributed by atoms with E-state index < -0.39 is 41.9 Å². The second-order valence-corrected chi connectivity index (χ2v) is 6.16. The Bertz CT molecular complexity index is 905. The number of amides is 1. The molecule has 0 aliphatic rings. The maximum atomic E-state index is 12.7. The highest BCUT2D eigenvalue weighted by molar-refractivity contribution is 5.88. The van der Waals surface area contributed by atoms with Crippen LogP contribution in [0.15, 0.2) is 35.4 Å². The number of benzene rings is 1. The third-order valence-corrected chi connectivity index (χ3v) is 3.88. The lowest BCUT2D eigenvalue weighted by Crippen LogP contribution is -2.47. The molecule has 138 valence electrons. The first-order valence-corrected chi connectivity index (χ1v) is 7.93.